The Labute approximate surface area is 123 Å². The molecule has 0 aliphatic carbocycles. The van der Waals surface area contributed by atoms with Crippen LogP contribution < -0.4 is 25.8 Å². The van der Waals surface area contributed by atoms with Crippen LogP contribution >= 0.6 is 0 Å². The average Bonchev–Trinajstić information content (AvgIpc) is 2.47. The highest BCUT2D eigenvalue weighted by atomic mass is 16.5. The van der Waals surface area contributed by atoms with Crippen LogP contribution in [0.25, 0.3) is 0 Å². The van der Waals surface area contributed by atoms with Crippen molar-refractivity contribution >= 4 is 11.9 Å². The lowest BCUT2D eigenvalue weighted by Crippen LogP contribution is -2.45. The van der Waals surface area contributed by atoms with Crippen molar-refractivity contribution in [3.63, 3.8) is 0 Å². The molecule has 0 saturated heterocycles. The minimum absolute atomic E-state index is 0.247. The van der Waals surface area contributed by atoms with Gasteiger partial charge in [0.1, 0.15) is 11.5 Å². The number of rotatable bonds is 6. The number of amides is 3. The Morgan fingerprint density at radius 3 is 2.67 bits per heavy atom. The Hall–Kier alpha value is -2.28. The normalized spacial score (nSPS) is 11.4. The molecule has 116 valence electrons. The van der Waals surface area contributed by atoms with E-state index in [9.17, 15) is 9.59 Å². The van der Waals surface area contributed by atoms with Crippen molar-refractivity contribution in [2.75, 3.05) is 13.7 Å². The molecule has 1 atom stereocenters. The Morgan fingerprint density at radius 2 is 2.10 bits per heavy atom. The van der Waals surface area contributed by atoms with Crippen LogP contribution in [0.1, 0.15) is 19.4 Å². The zero-order chi connectivity index (χ0) is 15.8. The molecule has 0 radical (unpaired) electrons. The van der Waals surface area contributed by atoms with Crippen molar-refractivity contribution in [1.82, 2.24) is 10.6 Å². The van der Waals surface area contributed by atoms with Gasteiger partial charge >= 0.3 is 6.03 Å². The van der Waals surface area contributed by atoms with Crippen LogP contribution in [-0.2, 0) is 11.3 Å². The van der Waals surface area contributed by atoms with Gasteiger partial charge in [-0.3, -0.25) is 10.1 Å². The minimum Gasteiger partial charge on any atom is -0.497 e. The van der Waals surface area contributed by atoms with Crippen LogP contribution in [0.4, 0.5) is 4.79 Å². The molecular weight excluding hydrogens is 274 g/mol. The molecule has 7 heteroatoms. The van der Waals surface area contributed by atoms with Gasteiger partial charge in [0, 0.05) is 18.7 Å². The first-order chi connectivity index (χ1) is 10.0. The van der Waals surface area contributed by atoms with Gasteiger partial charge in [0.25, 0.3) is 5.91 Å². The molecule has 0 aliphatic rings. The van der Waals surface area contributed by atoms with Gasteiger partial charge in [0.2, 0.25) is 0 Å². The van der Waals surface area contributed by atoms with Crippen molar-refractivity contribution in [3.8, 4) is 11.5 Å². The summed E-state index contributed by atoms with van der Waals surface area (Å²) in [6, 6.07) is 4.58. The van der Waals surface area contributed by atoms with Gasteiger partial charge in [-0.2, -0.15) is 0 Å². The number of methoxy groups -OCH3 is 1. The second-order valence-electron chi connectivity index (χ2n) is 4.29. The number of nitrogens with two attached hydrogens (primary N) is 1. The predicted molar refractivity (Wildman–Crippen MR) is 78.2 cm³/mol. The number of urea groups is 1. The van der Waals surface area contributed by atoms with E-state index in [2.05, 4.69) is 10.6 Å². The first-order valence-corrected chi connectivity index (χ1v) is 6.64. The van der Waals surface area contributed by atoms with Crippen molar-refractivity contribution in [1.29, 1.82) is 0 Å². The molecule has 0 spiro atoms. The van der Waals surface area contributed by atoms with Crippen molar-refractivity contribution < 1.29 is 19.1 Å². The van der Waals surface area contributed by atoms with Crippen LogP contribution in [0.5, 0.6) is 11.5 Å². The molecule has 7 nitrogen and oxygen atoms in total. The number of nitrogens with one attached hydrogen (secondary N) is 2. The topological polar surface area (TPSA) is 103 Å². The number of benzene rings is 1. The Bertz CT molecular complexity index is 505. The summed E-state index contributed by atoms with van der Waals surface area (Å²) in [7, 11) is 1.55. The number of ether oxygens (including phenoxy) is 2. The summed E-state index contributed by atoms with van der Waals surface area (Å²) >= 11 is 0. The van der Waals surface area contributed by atoms with E-state index in [1.54, 1.807) is 39.2 Å². The zero-order valence-corrected chi connectivity index (χ0v) is 12.4. The van der Waals surface area contributed by atoms with E-state index in [0.29, 0.717) is 23.6 Å². The van der Waals surface area contributed by atoms with E-state index < -0.39 is 18.0 Å². The SMILES string of the molecule is CCNC(=O)NC(=O)C(C)Oc1ccc(OC)cc1CN. The molecule has 0 saturated carbocycles. The highest BCUT2D eigenvalue weighted by Crippen LogP contribution is 2.24. The summed E-state index contributed by atoms with van der Waals surface area (Å²) in [6.45, 7) is 4.00. The average molecular weight is 295 g/mol. The minimum atomic E-state index is -0.827. The highest BCUT2D eigenvalue weighted by Gasteiger charge is 2.18. The zero-order valence-electron chi connectivity index (χ0n) is 12.4. The fourth-order valence-electron chi connectivity index (χ4n) is 1.62. The van der Waals surface area contributed by atoms with Crippen LogP contribution in [0, 0.1) is 0 Å². The second kappa shape index (κ2) is 8.11. The molecule has 1 aromatic carbocycles. The smallest absolute Gasteiger partial charge is 0.321 e. The summed E-state index contributed by atoms with van der Waals surface area (Å²) in [5.41, 5.74) is 6.36. The van der Waals surface area contributed by atoms with E-state index in [4.69, 9.17) is 15.2 Å². The van der Waals surface area contributed by atoms with E-state index in [1.807, 2.05) is 0 Å². The summed E-state index contributed by atoms with van der Waals surface area (Å²) in [4.78, 5) is 23.1. The standard InChI is InChI=1S/C14H21N3O4/c1-4-16-14(19)17-13(18)9(2)21-12-6-5-11(20-3)7-10(12)8-15/h5-7,9H,4,8,15H2,1-3H3,(H2,16,17,18,19). The van der Waals surface area contributed by atoms with Crippen LogP contribution in [0.15, 0.2) is 18.2 Å². The number of carbonyl (C=O) groups excluding carboxylic acids is 2. The second-order valence-corrected chi connectivity index (χ2v) is 4.29. The number of imide groups is 1. The molecule has 4 N–H and O–H groups in total. The fourth-order valence-corrected chi connectivity index (χ4v) is 1.62. The van der Waals surface area contributed by atoms with Gasteiger partial charge in [-0.1, -0.05) is 0 Å². The maximum Gasteiger partial charge on any atom is 0.321 e. The Kier molecular flexibility index (Phi) is 6.48. The Morgan fingerprint density at radius 1 is 1.38 bits per heavy atom. The van der Waals surface area contributed by atoms with Gasteiger partial charge in [0.05, 0.1) is 7.11 Å². The van der Waals surface area contributed by atoms with Crippen molar-refractivity contribution in [2.45, 2.75) is 26.5 Å². The van der Waals surface area contributed by atoms with Crippen LogP contribution in [0.3, 0.4) is 0 Å². The monoisotopic (exact) mass is 295 g/mol. The summed E-state index contributed by atoms with van der Waals surface area (Å²) < 4.78 is 10.6. The van der Waals surface area contributed by atoms with Crippen molar-refractivity contribution in [3.05, 3.63) is 23.8 Å². The number of carbonyl (C=O) groups is 2. The largest absolute Gasteiger partial charge is 0.497 e. The first-order valence-electron chi connectivity index (χ1n) is 6.64. The third-order valence-corrected chi connectivity index (χ3v) is 2.73. The number of hydrogen-bond acceptors (Lipinski definition) is 5. The molecule has 0 aromatic heterocycles. The fraction of sp³-hybridized carbons (Fsp3) is 0.429. The maximum atomic E-state index is 11.8. The molecule has 21 heavy (non-hydrogen) atoms. The molecule has 1 aromatic rings. The number of hydrogen-bond donors (Lipinski definition) is 3. The highest BCUT2D eigenvalue weighted by molar-refractivity contribution is 5.96. The molecule has 1 unspecified atom stereocenters. The predicted octanol–water partition coefficient (Wildman–Crippen LogP) is 0.767. The van der Waals surface area contributed by atoms with Crippen molar-refractivity contribution in [2.24, 2.45) is 5.73 Å². The summed E-state index contributed by atoms with van der Waals surface area (Å²) in [5.74, 6) is 0.610. The van der Waals surface area contributed by atoms with Gasteiger partial charge < -0.3 is 20.5 Å². The molecule has 0 heterocycles. The van der Waals surface area contributed by atoms with E-state index >= 15 is 0 Å². The lowest BCUT2D eigenvalue weighted by atomic mass is 10.2. The molecule has 1 rings (SSSR count). The van der Waals surface area contributed by atoms with Gasteiger partial charge in [-0.25, -0.2) is 4.79 Å². The van der Waals surface area contributed by atoms with Gasteiger partial charge in [0.15, 0.2) is 6.10 Å². The lowest BCUT2D eigenvalue weighted by molar-refractivity contribution is -0.126. The van der Waals surface area contributed by atoms with Crippen LogP contribution in [0.2, 0.25) is 0 Å². The molecular formula is C14H21N3O4. The van der Waals surface area contributed by atoms with Crippen LogP contribution in [-0.4, -0.2) is 31.7 Å². The molecule has 0 bridgehead atoms. The molecule has 0 aliphatic heterocycles. The van der Waals surface area contributed by atoms with E-state index in [-0.39, 0.29) is 6.54 Å². The quantitative estimate of drug-likeness (QED) is 0.719. The molecule has 0 fully saturated rings. The molecule has 3 amide bonds. The third kappa shape index (κ3) is 4.96. The summed E-state index contributed by atoms with van der Waals surface area (Å²) in [6.07, 6.45) is -0.827. The maximum absolute atomic E-state index is 11.8. The third-order valence-electron chi connectivity index (χ3n) is 2.73. The van der Waals surface area contributed by atoms with Gasteiger partial charge in [-0.05, 0) is 32.0 Å². The van der Waals surface area contributed by atoms with Gasteiger partial charge in [-0.15, -0.1) is 0 Å². The Balaban J connectivity index is 2.71. The lowest BCUT2D eigenvalue weighted by Gasteiger charge is -2.17. The first kappa shape index (κ1) is 16.8. The van der Waals surface area contributed by atoms with E-state index in [1.165, 1.54) is 0 Å². The van der Waals surface area contributed by atoms with E-state index in [0.717, 1.165) is 0 Å². The summed E-state index contributed by atoms with van der Waals surface area (Å²) in [5, 5.41) is 4.66.